The summed E-state index contributed by atoms with van der Waals surface area (Å²) in [6.07, 6.45) is 6.55. The minimum absolute atomic E-state index is 0.306. The zero-order valence-electron chi connectivity index (χ0n) is 15.9. The highest BCUT2D eigenvalue weighted by atomic mass is 35.5. The summed E-state index contributed by atoms with van der Waals surface area (Å²) in [6, 6.07) is 10.2. The van der Waals surface area contributed by atoms with Gasteiger partial charge in [0.05, 0.1) is 21.9 Å². The van der Waals surface area contributed by atoms with Gasteiger partial charge in [-0.15, -0.1) is 0 Å². The van der Waals surface area contributed by atoms with Crippen LogP contribution in [-0.2, 0) is 5.41 Å². The van der Waals surface area contributed by atoms with Crippen LogP contribution in [0.5, 0.6) is 0 Å². The molecule has 1 aromatic carbocycles. The molecule has 4 nitrogen and oxygen atoms in total. The molecule has 0 bridgehead atoms. The van der Waals surface area contributed by atoms with Crippen LogP contribution in [0.1, 0.15) is 45.6 Å². The fourth-order valence-electron chi connectivity index (χ4n) is 5.48. The summed E-state index contributed by atoms with van der Waals surface area (Å²) in [5.74, 6) is 0. The lowest BCUT2D eigenvalue weighted by Gasteiger charge is -2.55. The SMILES string of the molecule is CC1(C)Nc2cc(Cl)c(-c3cccc4nccn34)cc2C2(C)CCCC12O. The quantitative estimate of drug-likeness (QED) is 0.621. The fourth-order valence-corrected chi connectivity index (χ4v) is 5.74. The Kier molecular flexibility index (Phi) is 3.33. The molecule has 2 aromatic heterocycles. The van der Waals surface area contributed by atoms with E-state index in [4.69, 9.17) is 11.6 Å². The Morgan fingerprint density at radius 3 is 2.81 bits per heavy atom. The molecule has 3 heterocycles. The Hall–Kier alpha value is -2.04. The molecule has 2 atom stereocenters. The molecule has 5 heteroatoms. The van der Waals surface area contributed by atoms with Gasteiger partial charge in [0, 0.05) is 29.1 Å². The summed E-state index contributed by atoms with van der Waals surface area (Å²) in [6.45, 7) is 6.39. The predicted octanol–water partition coefficient (Wildman–Crippen LogP) is 5.03. The third-order valence-electron chi connectivity index (χ3n) is 7.02. The maximum Gasteiger partial charge on any atom is 0.137 e. The summed E-state index contributed by atoms with van der Waals surface area (Å²) >= 11 is 6.74. The molecular weight excluding hydrogens is 358 g/mol. The van der Waals surface area contributed by atoms with Gasteiger partial charge in [0.2, 0.25) is 0 Å². The van der Waals surface area contributed by atoms with Gasteiger partial charge in [-0.3, -0.25) is 4.40 Å². The Labute approximate surface area is 164 Å². The van der Waals surface area contributed by atoms with Crippen molar-refractivity contribution in [1.29, 1.82) is 0 Å². The molecule has 140 valence electrons. The van der Waals surface area contributed by atoms with E-state index in [9.17, 15) is 5.11 Å². The number of aliphatic hydroxyl groups is 1. The molecule has 2 N–H and O–H groups in total. The maximum absolute atomic E-state index is 11.7. The molecular formula is C22H24ClN3O. The van der Waals surface area contributed by atoms with Gasteiger partial charge in [-0.05, 0) is 62.9 Å². The second kappa shape index (κ2) is 5.27. The van der Waals surface area contributed by atoms with Gasteiger partial charge < -0.3 is 10.4 Å². The minimum Gasteiger partial charge on any atom is -0.387 e. The number of halogens is 1. The third kappa shape index (κ3) is 2.06. The Morgan fingerprint density at radius 1 is 1.19 bits per heavy atom. The van der Waals surface area contributed by atoms with Crippen molar-refractivity contribution in [1.82, 2.24) is 9.38 Å². The lowest BCUT2D eigenvalue weighted by atomic mass is 9.60. The number of anilines is 1. The zero-order valence-corrected chi connectivity index (χ0v) is 16.6. The van der Waals surface area contributed by atoms with Crippen LogP contribution >= 0.6 is 11.6 Å². The molecule has 27 heavy (non-hydrogen) atoms. The van der Waals surface area contributed by atoms with Crippen molar-refractivity contribution in [3.63, 3.8) is 0 Å². The zero-order chi connectivity index (χ0) is 19.0. The number of aromatic nitrogens is 2. The van der Waals surface area contributed by atoms with Crippen molar-refractivity contribution in [2.45, 2.75) is 56.6 Å². The van der Waals surface area contributed by atoms with E-state index in [1.54, 1.807) is 6.20 Å². The highest BCUT2D eigenvalue weighted by molar-refractivity contribution is 6.33. The first-order valence-corrected chi connectivity index (χ1v) is 9.92. The summed E-state index contributed by atoms with van der Waals surface area (Å²) in [5.41, 5.74) is 3.53. The Bertz CT molecular complexity index is 1070. The minimum atomic E-state index is -0.793. The van der Waals surface area contributed by atoms with Crippen LogP contribution in [-0.4, -0.2) is 25.6 Å². The fraction of sp³-hybridized carbons (Fsp3) is 0.409. The molecule has 1 fully saturated rings. The molecule has 0 spiro atoms. The van der Waals surface area contributed by atoms with E-state index in [0.29, 0.717) is 5.02 Å². The number of nitrogens with zero attached hydrogens (tertiary/aromatic N) is 2. The van der Waals surface area contributed by atoms with Gasteiger partial charge in [-0.1, -0.05) is 24.6 Å². The highest BCUT2D eigenvalue weighted by Crippen LogP contribution is 2.59. The van der Waals surface area contributed by atoms with Gasteiger partial charge in [-0.2, -0.15) is 0 Å². The Balaban J connectivity index is 1.78. The van der Waals surface area contributed by atoms with Crippen molar-refractivity contribution < 1.29 is 5.11 Å². The summed E-state index contributed by atoms with van der Waals surface area (Å²) in [7, 11) is 0. The van der Waals surface area contributed by atoms with E-state index in [0.717, 1.165) is 47.4 Å². The first kappa shape index (κ1) is 17.1. The van der Waals surface area contributed by atoms with Crippen LogP contribution in [0.15, 0.2) is 42.7 Å². The topological polar surface area (TPSA) is 49.6 Å². The second-order valence-electron chi connectivity index (χ2n) is 8.74. The molecule has 0 amide bonds. The highest BCUT2D eigenvalue weighted by Gasteiger charge is 2.62. The normalized spacial score (nSPS) is 28.6. The van der Waals surface area contributed by atoms with Crippen LogP contribution in [0.2, 0.25) is 5.02 Å². The van der Waals surface area contributed by atoms with E-state index in [2.05, 4.69) is 47.6 Å². The van der Waals surface area contributed by atoms with Crippen LogP contribution in [0.25, 0.3) is 16.9 Å². The Morgan fingerprint density at radius 2 is 2.00 bits per heavy atom. The van der Waals surface area contributed by atoms with E-state index in [1.165, 1.54) is 0 Å². The molecule has 2 unspecified atom stereocenters. The molecule has 0 saturated heterocycles. The standard InChI is InChI=1S/C22H24ClN3O/c1-20(2)22(27)9-5-8-21(22,3)15-12-14(16(23)13-17(15)25-20)18-6-4-7-19-24-10-11-26(18)19/h4,6-7,10-13,25,27H,5,8-9H2,1-3H3. The largest absolute Gasteiger partial charge is 0.387 e. The lowest BCUT2D eigenvalue weighted by molar-refractivity contribution is -0.0628. The number of hydrogen-bond donors (Lipinski definition) is 2. The molecule has 2 aliphatic rings. The van der Waals surface area contributed by atoms with Crippen molar-refractivity contribution in [3.05, 3.63) is 53.3 Å². The number of fused-ring (bicyclic) bond motifs is 4. The first-order valence-electron chi connectivity index (χ1n) is 9.54. The monoisotopic (exact) mass is 381 g/mol. The second-order valence-corrected chi connectivity index (χ2v) is 9.15. The van der Waals surface area contributed by atoms with Crippen molar-refractivity contribution in [2.24, 2.45) is 0 Å². The average Bonchev–Trinajstić information content (AvgIpc) is 3.20. The van der Waals surface area contributed by atoms with E-state index < -0.39 is 11.1 Å². The molecule has 0 radical (unpaired) electrons. The number of rotatable bonds is 1. The number of hydrogen-bond acceptors (Lipinski definition) is 3. The maximum atomic E-state index is 11.7. The summed E-state index contributed by atoms with van der Waals surface area (Å²) in [5, 5.41) is 16.0. The van der Waals surface area contributed by atoms with Crippen LogP contribution in [0.3, 0.4) is 0 Å². The number of benzene rings is 1. The third-order valence-corrected chi connectivity index (χ3v) is 7.33. The average molecular weight is 382 g/mol. The number of nitrogens with one attached hydrogen (secondary N) is 1. The van der Waals surface area contributed by atoms with Crippen LogP contribution in [0.4, 0.5) is 5.69 Å². The molecule has 3 aromatic rings. The summed E-state index contributed by atoms with van der Waals surface area (Å²) < 4.78 is 2.05. The van der Waals surface area contributed by atoms with Crippen molar-refractivity contribution in [3.8, 4) is 11.3 Å². The number of imidazole rings is 1. The molecule has 5 rings (SSSR count). The van der Waals surface area contributed by atoms with E-state index in [1.807, 2.05) is 24.4 Å². The van der Waals surface area contributed by atoms with Crippen LogP contribution < -0.4 is 5.32 Å². The van der Waals surface area contributed by atoms with Crippen LogP contribution in [0, 0.1) is 0 Å². The van der Waals surface area contributed by atoms with Crippen molar-refractivity contribution in [2.75, 3.05) is 5.32 Å². The first-order chi connectivity index (χ1) is 12.8. The van der Waals surface area contributed by atoms with Gasteiger partial charge >= 0.3 is 0 Å². The van der Waals surface area contributed by atoms with Crippen molar-refractivity contribution >= 4 is 22.9 Å². The van der Waals surface area contributed by atoms with Gasteiger partial charge in [0.1, 0.15) is 5.65 Å². The van der Waals surface area contributed by atoms with Gasteiger partial charge in [0.15, 0.2) is 0 Å². The van der Waals surface area contributed by atoms with E-state index in [-0.39, 0.29) is 5.41 Å². The molecule has 1 saturated carbocycles. The lowest BCUT2D eigenvalue weighted by Crippen LogP contribution is -2.65. The van der Waals surface area contributed by atoms with Gasteiger partial charge in [0.25, 0.3) is 0 Å². The van der Waals surface area contributed by atoms with Gasteiger partial charge in [-0.25, -0.2) is 4.98 Å². The summed E-state index contributed by atoms with van der Waals surface area (Å²) in [4.78, 5) is 4.39. The predicted molar refractivity (Wildman–Crippen MR) is 109 cm³/mol. The molecule has 1 aliphatic carbocycles. The number of pyridine rings is 1. The molecule has 1 aliphatic heterocycles. The smallest absolute Gasteiger partial charge is 0.137 e. The van der Waals surface area contributed by atoms with E-state index >= 15 is 0 Å².